The molecule has 12 unspecified atom stereocenters. The van der Waals surface area contributed by atoms with Gasteiger partial charge in [-0.1, -0.05) is 19.1 Å². The molecule has 2 nitrogen and oxygen atoms in total. The van der Waals surface area contributed by atoms with Crippen LogP contribution in [0.15, 0.2) is 12.2 Å². The third-order valence-corrected chi connectivity index (χ3v) is 9.46. The third kappa shape index (κ3) is 1.75. The summed E-state index contributed by atoms with van der Waals surface area (Å²) in [5.41, 5.74) is -0.354. The first-order valence-electron chi connectivity index (χ1n) is 10.8. The minimum absolute atomic E-state index is 0.109. The molecule has 0 amide bonds. The van der Waals surface area contributed by atoms with Gasteiger partial charge < -0.3 is 4.74 Å². The molecular weight excluding hydrogens is 308 g/mol. The summed E-state index contributed by atoms with van der Waals surface area (Å²) in [7, 11) is 0. The van der Waals surface area contributed by atoms with Gasteiger partial charge in [-0.3, -0.25) is 4.79 Å². The van der Waals surface area contributed by atoms with Gasteiger partial charge in [-0.2, -0.15) is 0 Å². The Labute approximate surface area is 151 Å². The van der Waals surface area contributed by atoms with Gasteiger partial charge >= 0.3 is 5.97 Å². The molecule has 5 saturated carbocycles. The second-order valence-corrected chi connectivity index (χ2v) is 11.3. The van der Waals surface area contributed by atoms with Crippen molar-refractivity contribution in [2.45, 2.75) is 52.6 Å². The van der Waals surface area contributed by atoms with Crippen molar-refractivity contribution in [2.75, 3.05) is 0 Å². The summed E-state index contributed by atoms with van der Waals surface area (Å²) in [6, 6.07) is 0. The van der Waals surface area contributed by atoms with Crippen LogP contribution in [-0.2, 0) is 9.53 Å². The van der Waals surface area contributed by atoms with E-state index in [0.29, 0.717) is 11.8 Å². The lowest BCUT2D eigenvalue weighted by atomic mass is 9.57. The number of esters is 1. The van der Waals surface area contributed by atoms with Gasteiger partial charge in [-0.05, 0) is 105 Å². The molecule has 0 aliphatic heterocycles. The van der Waals surface area contributed by atoms with Crippen molar-refractivity contribution in [2.24, 2.45) is 71.0 Å². The van der Waals surface area contributed by atoms with Crippen LogP contribution >= 0.6 is 0 Å². The highest BCUT2D eigenvalue weighted by Gasteiger charge is 2.73. The maximum atomic E-state index is 13.0. The number of ether oxygens (including phenoxy) is 1. The maximum absolute atomic E-state index is 13.0. The summed E-state index contributed by atoms with van der Waals surface area (Å²) in [6.45, 7) is 8.39. The highest BCUT2D eigenvalue weighted by atomic mass is 16.6. The first-order valence-corrected chi connectivity index (χ1v) is 10.8. The van der Waals surface area contributed by atoms with Crippen LogP contribution in [0.25, 0.3) is 0 Å². The van der Waals surface area contributed by atoms with Crippen molar-refractivity contribution < 1.29 is 9.53 Å². The SMILES string of the molecule is CC1C2CC(C1C(=O)OC(C)(C)C)C1C3CC(C4C5C=CC(C5)C34)C21. The zero-order valence-electron chi connectivity index (χ0n) is 16.0. The fraction of sp³-hybridized carbons (Fsp3) is 0.870. The average Bonchev–Trinajstić information content (AvgIpc) is 3.30. The molecule has 0 aromatic rings. The quantitative estimate of drug-likeness (QED) is 0.398. The van der Waals surface area contributed by atoms with Crippen LogP contribution in [0.4, 0.5) is 0 Å². The van der Waals surface area contributed by atoms with Crippen molar-refractivity contribution in [3.63, 3.8) is 0 Å². The predicted octanol–water partition coefficient (Wildman–Crippen LogP) is 4.55. The van der Waals surface area contributed by atoms with Gasteiger partial charge in [-0.25, -0.2) is 0 Å². The summed E-state index contributed by atoms with van der Waals surface area (Å²) in [4.78, 5) is 13.0. The molecule has 6 rings (SSSR count). The Morgan fingerprint density at radius 3 is 2.00 bits per heavy atom. The molecule has 0 spiro atoms. The van der Waals surface area contributed by atoms with Gasteiger partial charge in [0.2, 0.25) is 0 Å². The van der Waals surface area contributed by atoms with E-state index in [4.69, 9.17) is 4.74 Å². The van der Waals surface area contributed by atoms with Gasteiger partial charge in [0.05, 0.1) is 5.92 Å². The smallest absolute Gasteiger partial charge is 0.310 e. The van der Waals surface area contributed by atoms with Crippen LogP contribution in [0, 0.1) is 71.0 Å². The van der Waals surface area contributed by atoms with Gasteiger partial charge in [0, 0.05) is 0 Å². The molecule has 0 aromatic heterocycles. The second kappa shape index (κ2) is 4.54. The monoisotopic (exact) mass is 340 g/mol. The van der Waals surface area contributed by atoms with Crippen LogP contribution in [0.1, 0.15) is 47.0 Å². The predicted molar refractivity (Wildman–Crippen MR) is 96.4 cm³/mol. The summed E-state index contributed by atoms with van der Waals surface area (Å²) in [5.74, 6) is 9.70. The standard InChI is InChI=1S/C23H32O2/c1-10-13-8-14(17(10)22(24)25-23(2,3)4)21-16-9-15(20(13)21)18-11-5-6-12(7-11)19(16)18/h5-6,10-21H,7-9H2,1-4H3. The highest BCUT2D eigenvalue weighted by molar-refractivity contribution is 5.74. The Morgan fingerprint density at radius 2 is 1.40 bits per heavy atom. The van der Waals surface area contributed by atoms with E-state index in [-0.39, 0.29) is 17.5 Å². The minimum atomic E-state index is -0.354. The van der Waals surface area contributed by atoms with E-state index < -0.39 is 0 Å². The number of hydrogen-bond donors (Lipinski definition) is 0. The molecular formula is C23H32O2. The fourth-order valence-corrected chi connectivity index (χ4v) is 9.33. The molecule has 6 aliphatic carbocycles. The number of carbonyl (C=O) groups excluding carboxylic acids is 1. The van der Waals surface area contributed by atoms with Gasteiger partial charge in [0.1, 0.15) is 5.60 Å². The molecule has 12 atom stereocenters. The fourth-order valence-electron chi connectivity index (χ4n) is 9.33. The molecule has 0 N–H and O–H groups in total. The zero-order chi connectivity index (χ0) is 17.2. The summed E-state index contributed by atoms with van der Waals surface area (Å²) < 4.78 is 5.86. The molecule has 25 heavy (non-hydrogen) atoms. The summed E-state index contributed by atoms with van der Waals surface area (Å²) in [6.07, 6.45) is 9.35. The van der Waals surface area contributed by atoms with Crippen molar-refractivity contribution in [3.05, 3.63) is 12.2 Å². The van der Waals surface area contributed by atoms with Crippen LogP contribution in [0.2, 0.25) is 0 Å². The van der Waals surface area contributed by atoms with E-state index in [1.54, 1.807) is 0 Å². The van der Waals surface area contributed by atoms with Crippen LogP contribution in [0.3, 0.4) is 0 Å². The Balaban J connectivity index is 1.31. The number of carbonyl (C=O) groups is 1. The molecule has 6 aliphatic rings. The molecule has 0 radical (unpaired) electrons. The molecule has 0 aromatic carbocycles. The van der Waals surface area contributed by atoms with E-state index in [1.165, 1.54) is 19.3 Å². The largest absolute Gasteiger partial charge is 0.460 e. The Kier molecular flexibility index (Phi) is 2.78. The number of fused-ring (bicyclic) bond motifs is 16. The van der Waals surface area contributed by atoms with E-state index in [9.17, 15) is 4.79 Å². The first-order chi connectivity index (χ1) is 11.8. The van der Waals surface area contributed by atoms with E-state index >= 15 is 0 Å². The lowest BCUT2D eigenvalue weighted by Gasteiger charge is -2.47. The van der Waals surface area contributed by atoms with Gasteiger partial charge in [-0.15, -0.1) is 0 Å². The maximum Gasteiger partial charge on any atom is 0.310 e. The van der Waals surface area contributed by atoms with Gasteiger partial charge in [0.25, 0.3) is 0 Å². The van der Waals surface area contributed by atoms with Crippen molar-refractivity contribution in [1.29, 1.82) is 0 Å². The second-order valence-electron chi connectivity index (χ2n) is 11.3. The van der Waals surface area contributed by atoms with Gasteiger partial charge in [0.15, 0.2) is 0 Å². The molecule has 0 saturated heterocycles. The number of rotatable bonds is 1. The molecule has 5 fully saturated rings. The van der Waals surface area contributed by atoms with E-state index in [2.05, 4.69) is 19.1 Å². The highest BCUT2D eigenvalue weighted by Crippen LogP contribution is 2.77. The third-order valence-electron chi connectivity index (χ3n) is 9.46. The first kappa shape index (κ1) is 15.3. The van der Waals surface area contributed by atoms with Crippen LogP contribution in [0.5, 0.6) is 0 Å². The average molecular weight is 341 g/mol. The van der Waals surface area contributed by atoms with Crippen molar-refractivity contribution in [3.8, 4) is 0 Å². The lowest BCUT2D eigenvalue weighted by Crippen LogP contribution is -2.46. The Morgan fingerprint density at radius 1 is 0.840 bits per heavy atom. The normalized spacial score (nSPS) is 59.5. The molecule has 6 bridgehead atoms. The Hall–Kier alpha value is -0.790. The Bertz CT molecular complexity index is 657. The van der Waals surface area contributed by atoms with Crippen LogP contribution < -0.4 is 0 Å². The van der Waals surface area contributed by atoms with E-state index in [0.717, 1.165) is 53.3 Å². The summed E-state index contributed by atoms with van der Waals surface area (Å²) >= 11 is 0. The topological polar surface area (TPSA) is 26.3 Å². The molecule has 2 heteroatoms. The van der Waals surface area contributed by atoms with Crippen molar-refractivity contribution >= 4 is 5.97 Å². The van der Waals surface area contributed by atoms with Crippen molar-refractivity contribution in [1.82, 2.24) is 0 Å². The lowest BCUT2D eigenvalue weighted by molar-refractivity contribution is -0.166. The van der Waals surface area contributed by atoms with Crippen LogP contribution in [-0.4, -0.2) is 11.6 Å². The minimum Gasteiger partial charge on any atom is -0.460 e. The molecule has 0 heterocycles. The number of hydrogen-bond acceptors (Lipinski definition) is 2. The molecule has 136 valence electrons. The summed E-state index contributed by atoms with van der Waals surface area (Å²) in [5, 5.41) is 0. The van der Waals surface area contributed by atoms with E-state index in [1.807, 2.05) is 20.8 Å². The number of allylic oxidation sites excluding steroid dienone is 2. The zero-order valence-corrected chi connectivity index (χ0v) is 16.0.